The summed E-state index contributed by atoms with van der Waals surface area (Å²) in [4.78, 5) is 16.3. The molecule has 2 rings (SSSR count). The van der Waals surface area contributed by atoms with Crippen LogP contribution in [0.5, 0.6) is 0 Å². The van der Waals surface area contributed by atoms with Crippen molar-refractivity contribution in [2.75, 3.05) is 36.8 Å². The number of aryl methyl sites for hydroxylation is 1. The van der Waals surface area contributed by atoms with E-state index in [-0.39, 0.29) is 5.91 Å². The Bertz CT molecular complexity index is 529. The van der Waals surface area contributed by atoms with Crippen LogP contribution in [0.15, 0.2) is 43.5 Å². The van der Waals surface area contributed by atoms with Crippen LogP contribution >= 0.6 is 0 Å². The number of fused-ring (bicyclic) bond motifs is 1. The van der Waals surface area contributed by atoms with E-state index in [4.69, 9.17) is 5.73 Å². The summed E-state index contributed by atoms with van der Waals surface area (Å²) in [7, 11) is 0. The molecule has 0 unspecified atom stereocenters. The molecule has 1 heterocycles. The van der Waals surface area contributed by atoms with Crippen LogP contribution < -0.4 is 10.6 Å². The van der Waals surface area contributed by atoms with Crippen LogP contribution in [0.25, 0.3) is 0 Å². The molecule has 4 heteroatoms. The molecular weight excluding hydrogens is 262 g/mol. The van der Waals surface area contributed by atoms with Gasteiger partial charge in [-0.3, -0.25) is 4.79 Å². The Morgan fingerprint density at radius 2 is 2.05 bits per heavy atom. The molecule has 0 saturated carbocycles. The SMILES string of the molecule is C=CCN(CC=C)C(=O)CN1CCCc2cc(N)ccc21. The molecule has 2 N–H and O–H groups in total. The largest absolute Gasteiger partial charge is 0.399 e. The Morgan fingerprint density at radius 1 is 1.33 bits per heavy atom. The van der Waals surface area contributed by atoms with Gasteiger partial charge in [0.1, 0.15) is 0 Å². The Balaban J connectivity index is 2.11. The van der Waals surface area contributed by atoms with Gasteiger partial charge in [-0.05, 0) is 36.6 Å². The Hall–Kier alpha value is -2.23. The van der Waals surface area contributed by atoms with Crippen molar-refractivity contribution >= 4 is 17.3 Å². The van der Waals surface area contributed by atoms with Gasteiger partial charge in [0.2, 0.25) is 5.91 Å². The zero-order chi connectivity index (χ0) is 15.2. The number of anilines is 2. The number of amides is 1. The van der Waals surface area contributed by atoms with E-state index in [1.807, 2.05) is 18.2 Å². The molecule has 0 atom stereocenters. The quantitative estimate of drug-likeness (QED) is 0.644. The minimum Gasteiger partial charge on any atom is -0.399 e. The number of benzene rings is 1. The van der Waals surface area contributed by atoms with Gasteiger partial charge < -0.3 is 15.5 Å². The molecule has 0 aliphatic carbocycles. The van der Waals surface area contributed by atoms with Crippen LogP contribution in [-0.2, 0) is 11.2 Å². The zero-order valence-electron chi connectivity index (χ0n) is 12.4. The van der Waals surface area contributed by atoms with E-state index in [1.54, 1.807) is 17.1 Å². The highest BCUT2D eigenvalue weighted by atomic mass is 16.2. The number of rotatable bonds is 6. The molecular formula is C17H23N3O. The highest BCUT2D eigenvalue weighted by Gasteiger charge is 2.21. The molecule has 1 aliphatic heterocycles. The summed E-state index contributed by atoms with van der Waals surface area (Å²) in [6, 6.07) is 5.92. The average Bonchev–Trinajstić information content (AvgIpc) is 2.47. The van der Waals surface area contributed by atoms with Crippen molar-refractivity contribution in [3.8, 4) is 0 Å². The maximum absolute atomic E-state index is 12.4. The van der Waals surface area contributed by atoms with Crippen LogP contribution in [0, 0.1) is 0 Å². The number of carbonyl (C=O) groups excluding carboxylic acids is 1. The third-order valence-electron chi connectivity index (χ3n) is 3.70. The van der Waals surface area contributed by atoms with E-state index in [0.717, 1.165) is 30.8 Å². The van der Waals surface area contributed by atoms with Gasteiger partial charge in [-0.2, -0.15) is 0 Å². The number of carbonyl (C=O) groups is 1. The number of nitrogens with two attached hydrogens (primary N) is 1. The lowest BCUT2D eigenvalue weighted by Gasteiger charge is -2.32. The number of nitrogens with zero attached hydrogens (tertiary/aromatic N) is 2. The van der Waals surface area contributed by atoms with Crippen molar-refractivity contribution in [3.05, 3.63) is 49.1 Å². The van der Waals surface area contributed by atoms with Gasteiger partial charge in [0.05, 0.1) is 6.54 Å². The second kappa shape index (κ2) is 6.97. The van der Waals surface area contributed by atoms with Crippen LogP contribution in [0.3, 0.4) is 0 Å². The average molecular weight is 285 g/mol. The normalized spacial score (nSPS) is 13.4. The fraction of sp³-hybridized carbons (Fsp3) is 0.353. The second-order valence-electron chi connectivity index (χ2n) is 5.29. The zero-order valence-corrected chi connectivity index (χ0v) is 12.4. The van der Waals surface area contributed by atoms with Crippen molar-refractivity contribution in [2.24, 2.45) is 0 Å². The van der Waals surface area contributed by atoms with Crippen LogP contribution in [0.2, 0.25) is 0 Å². The molecule has 0 saturated heterocycles. The summed E-state index contributed by atoms with van der Waals surface area (Å²) in [6.07, 6.45) is 5.55. The molecule has 0 aromatic heterocycles. The van der Waals surface area contributed by atoms with E-state index in [9.17, 15) is 4.79 Å². The summed E-state index contributed by atoms with van der Waals surface area (Å²) in [5.41, 5.74) is 8.98. The molecule has 1 aromatic rings. The monoisotopic (exact) mass is 285 g/mol. The van der Waals surface area contributed by atoms with Gasteiger partial charge >= 0.3 is 0 Å². The third-order valence-corrected chi connectivity index (χ3v) is 3.70. The van der Waals surface area contributed by atoms with Gasteiger partial charge in [-0.25, -0.2) is 0 Å². The molecule has 1 aromatic carbocycles. The van der Waals surface area contributed by atoms with E-state index >= 15 is 0 Å². The van der Waals surface area contributed by atoms with Gasteiger partial charge in [-0.15, -0.1) is 13.2 Å². The van der Waals surface area contributed by atoms with Gasteiger partial charge in [0.25, 0.3) is 0 Å². The van der Waals surface area contributed by atoms with Gasteiger partial charge in [0.15, 0.2) is 0 Å². The maximum atomic E-state index is 12.4. The Morgan fingerprint density at radius 3 is 2.71 bits per heavy atom. The smallest absolute Gasteiger partial charge is 0.242 e. The minimum atomic E-state index is 0.0967. The van der Waals surface area contributed by atoms with E-state index in [0.29, 0.717) is 19.6 Å². The first-order valence-corrected chi connectivity index (χ1v) is 7.28. The molecule has 4 nitrogen and oxygen atoms in total. The molecule has 0 radical (unpaired) electrons. The predicted molar refractivity (Wildman–Crippen MR) is 88.4 cm³/mol. The van der Waals surface area contributed by atoms with Crippen molar-refractivity contribution in [1.29, 1.82) is 0 Å². The second-order valence-corrected chi connectivity index (χ2v) is 5.29. The summed E-state index contributed by atoms with van der Waals surface area (Å²) in [6.45, 7) is 9.79. The summed E-state index contributed by atoms with van der Waals surface area (Å²) in [5.74, 6) is 0.0967. The number of hydrogen-bond acceptors (Lipinski definition) is 3. The molecule has 1 aliphatic rings. The number of hydrogen-bond donors (Lipinski definition) is 1. The lowest BCUT2D eigenvalue weighted by molar-refractivity contribution is -0.128. The fourth-order valence-corrected chi connectivity index (χ4v) is 2.71. The first kappa shape index (κ1) is 15.2. The van der Waals surface area contributed by atoms with E-state index < -0.39 is 0 Å². The highest BCUT2D eigenvalue weighted by Crippen LogP contribution is 2.28. The summed E-state index contributed by atoms with van der Waals surface area (Å²) in [5, 5.41) is 0. The minimum absolute atomic E-state index is 0.0967. The molecule has 0 bridgehead atoms. The molecule has 0 fully saturated rings. The standard InChI is InChI=1S/C17H23N3O/c1-3-9-19(10-4-2)17(21)13-20-11-5-6-14-12-15(18)7-8-16(14)20/h3-4,7-8,12H,1-2,5-6,9-11,13,18H2. The molecule has 0 spiro atoms. The first-order valence-electron chi connectivity index (χ1n) is 7.28. The topological polar surface area (TPSA) is 49.6 Å². The van der Waals surface area contributed by atoms with Gasteiger partial charge in [-0.1, -0.05) is 12.2 Å². The predicted octanol–water partition coefficient (Wildman–Crippen LogP) is 2.22. The van der Waals surface area contributed by atoms with E-state index in [2.05, 4.69) is 18.1 Å². The highest BCUT2D eigenvalue weighted by molar-refractivity contribution is 5.82. The third kappa shape index (κ3) is 3.66. The Labute approximate surface area is 126 Å². The van der Waals surface area contributed by atoms with Crippen LogP contribution in [-0.4, -0.2) is 37.0 Å². The summed E-state index contributed by atoms with van der Waals surface area (Å²) >= 11 is 0. The van der Waals surface area contributed by atoms with Crippen molar-refractivity contribution in [3.63, 3.8) is 0 Å². The lowest BCUT2D eigenvalue weighted by atomic mass is 10.0. The molecule has 1 amide bonds. The Kier molecular flexibility index (Phi) is 5.04. The van der Waals surface area contributed by atoms with Crippen LogP contribution in [0.4, 0.5) is 11.4 Å². The maximum Gasteiger partial charge on any atom is 0.242 e. The van der Waals surface area contributed by atoms with E-state index in [1.165, 1.54) is 5.56 Å². The first-order chi connectivity index (χ1) is 10.2. The molecule has 21 heavy (non-hydrogen) atoms. The lowest BCUT2D eigenvalue weighted by Crippen LogP contribution is -2.42. The number of nitrogen functional groups attached to an aromatic ring is 1. The summed E-state index contributed by atoms with van der Waals surface area (Å²) < 4.78 is 0. The van der Waals surface area contributed by atoms with Crippen molar-refractivity contribution in [1.82, 2.24) is 4.90 Å². The fourth-order valence-electron chi connectivity index (χ4n) is 2.71. The van der Waals surface area contributed by atoms with Gasteiger partial charge in [0, 0.05) is 31.0 Å². The van der Waals surface area contributed by atoms with Crippen molar-refractivity contribution in [2.45, 2.75) is 12.8 Å². The molecule has 112 valence electrons. The van der Waals surface area contributed by atoms with Crippen molar-refractivity contribution < 1.29 is 4.79 Å². The van der Waals surface area contributed by atoms with Crippen LogP contribution in [0.1, 0.15) is 12.0 Å².